The van der Waals surface area contributed by atoms with Crippen LogP contribution in [-0.2, 0) is 4.79 Å². The summed E-state index contributed by atoms with van der Waals surface area (Å²) in [6.45, 7) is 4.41. The topological polar surface area (TPSA) is 45.7 Å². The first-order chi connectivity index (χ1) is 14.0. The van der Waals surface area contributed by atoms with E-state index in [0.29, 0.717) is 5.92 Å². The summed E-state index contributed by atoms with van der Waals surface area (Å²) in [5, 5.41) is 6.23. The number of benzene rings is 2. The molecule has 29 heavy (non-hydrogen) atoms. The molecule has 0 bridgehead atoms. The van der Waals surface area contributed by atoms with Crippen LogP contribution in [0.2, 0.25) is 0 Å². The van der Waals surface area contributed by atoms with E-state index in [0.717, 1.165) is 29.0 Å². The van der Waals surface area contributed by atoms with Crippen LogP contribution in [0.25, 0.3) is 0 Å². The highest BCUT2D eigenvalue weighted by atomic mass is 32.1. The van der Waals surface area contributed by atoms with Gasteiger partial charge < -0.3 is 10.6 Å². The minimum atomic E-state index is -0.784. The van der Waals surface area contributed by atoms with Crippen LogP contribution in [-0.4, -0.2) is 12.5 Å². The summed E-state index contributed by atoms with van der Waals surface area (Å²) < 4.78 is 27.5. The number of para-hydroxylation sites is 1. The lowest BCUT2D eigenvalue weighted by molar-refractivity contribution is -0.675. The molecule has 0 saturated heterocycles. The Morgan fingerprint density at radius 2 is 1.69 bits per heavy atom. The molecule has 0 radical (unpaired) electrons. The lowest BCUT2D eigenvalue weighted by atomic mass is 9.95. The number of nitrogens with two attached hydrogens (primary N) is 1. The molecule has 3 N–H and O–H groups in total. The van der Waals surface area contributed by atoms with Gasteiger partial charge in [0.1, 0.15) is 23.4 Å². The summed E-state index contributed by atoms with van der Waals surface area (Å²) in [7, 11) is 0. The van der Waals surface area contributed by atoms with Crippen molar-refractivity contribution < 1.29 is 18.9 Å². The molecule has 152 valence electrons. The van der Waals surface area contributed by atoms with Crippen molar-refractivity contribution in [3.05, 3.63) is 87.6 Å². The van der Waals surface area contributed by atoms with Gasteiger partial charge in [-0.25, -0.2) is 8.78 Å². The van der Waals surface area contributed by atoms with Crippen molar-refractivity contribution in [2.75, 3.05) is 11.9 Å². The Kier molecular flexibility index (Phi) is 7.12. The molecular formula is C23H25F2N2OS+. The molecule has 0 aliphatic heterocycles. The third-order valence-electron chi connectivity index (χ3n) is 5.09. The Balaban J connectivity index is 1.73. The van der Waals surface area contributed by atoms with Crippen LogP contribution in [0.1, 0.15) is 48.2 Å². The van der Waals surface area contributed by atoms with Crippen LogP contribution in [0.4, 0.5) is 14.5 Å². The first-order valence-electron chi connectivity index (χ1n) is 9.70. The summed E-state index contributed by atoms with van der Waals surface area (Å²) in [4.78, 5) is 13.4. The predicted octanol–water partition coefficient (Wildman–Crippen LogP) is 4.83. The van der Waals surface area contributed by atoms with Gasteiger partial charge in [-0.15, -0.1) is 11.3 Å². The number of hydrogen-bond donors (Lipinski definition) is 2. The number of halogens is 2. The van der Waals surface area contributed by atoms with Gasteiger partial charge in [-0.2, -0.15) is 0 Å². The van der Waals surface area contributed by atoms with Gasteiger partial charge in [0.15, 0.2) is 6.54 Å². The second-order valence-electron chi connectivity index (χ2n) is 7.05. The van der Waals surface area contributed by atoms with Crippen LogP contribution in [0.3, 0.4) is 0 Å². The number of carbonyl (C=O) groups excluding carboxylic acids is 1. The van der Waals surface area contributed by atoms with Crippen LogP contribution in [0.5, 0.6) is 0 Å². The van der Waals surface area contributed by atoms with Crippen LogP contribution >= 0.6 is 11.3 Å². The second-order valence-corrected chi connectivity index (χ2v) is 8.03. The molecule has 1 heterocycles. The second kappa shape index (κ2) is 9.76. The third kappa shape index (κ3) is 5.28. The van der Waals surface area contributed by atoms with E-state index in [-0.39, 0.29) is 12.6 Å². The maximum absolute atomic E-state index is 13.8. The zero-order valence-corrected chi connectivity index (χ0v) is 17.3. The van der Waals surface area contributed by atoms with Gasteiger partial charge in [-0.3, -0.25) is 4.79 Å². The fraction of sp³-hybridized carbons (Fsp3) is 0.261. The molecule has 0 saturated carbocycles. The maximum Gasteiger partial charge on any atom is 0.279 e. The van der Waals surface area contributed by atoms with Gasteiger partial charge in [-0.1, -0.05) is 50.2 Å². The van der Waals surface area contributed by atoms with Crippen molar-refractivity contribution in [3.63, 3.8) is 0 Å². The molecule has 2 atom stereocenters. The van der Waals surface area contributed by atoms with Crippen LogP contribution in [0.15, 0.2) is 60.0 Å². The molecule has 3 rings (SSSR count). The average molecular weight is 416 g/mol. The largest absolute Gasteiger partial charge is 0.328 e. The molecule has 1 amide bonds. The Labute approximate surface area is 173 Å². The molecule has 0 fully saturated rings. The number of hydrogen-bond acceptors (Lipinski definition) is 2. The summed E-state index contributed by atoms with van der Waals surface area (Å²) in [5.74, 6) is -1.52. The highest BCUT2D eigenvalue weighted by Gasteiger charge is 2.21. The lowest BCUT2D eigenvalue weighted by Crippen LogP contribution is -2.87. The van der Waals surface area contributed by atoms with Gasteiger partial charge in [0.05, 0.1) is 4.88 Å². The Morgan fingerprint density at radius 3 is 2.28 bits per heavy atom. The highest BCUT2D eigenvalue weighted by molar-refractivity contribution is 7.10. The summed E-state index contributed by atoms with van der Waals surface area (Å²) >= 11 is 1.62. The van der Waals surface area contributed by atoms with E-state index < -0.39 is 23.2 Å². The van der Waals surface area contributed by atoms with Gasteiger partial charge in [0, 0.05) is 5.56 Å². The van der Waals surface area contributed by atoms with Crippen molar-refractivity contribution in [1.82, 2.24) is 0 Å². The molecule has 2 aromatic carbocycles. The van der Waals surface area contributed by atoms with Crippen molar-refractivity contribution in [2.24, 2.45) is 0 Å². The zero-order chi connectivity index (χ0) is 20.8. The molecule has 0 aliphatic carbocycles. The number of nitrogens with one attached hydrogen (secondary N) is 1. The molecule has 0 spiro atoms. The summed E-state index contributed by atoms with van der Waals surface area (Å²) in [6, 6.07) is 15.9. The first-order valence-corrected chi connectivity index (χ1v) is 10.6. The van der Waals surface area contributed by atoms with Crippen molar-refractivity contribution in [1.29, 1.82) is 0 Å². The molecule has 3 aromatic rings. The lowest BCUT2D eigenvalue weighted by Gasteiger charge is -2.16. The third-order valence-corrected chi connectivity index (χ3v) is 6.05. The smallest absolute Gasteiger partial charge is 0.279 e. The monoisotopic (exact) mass is 415 g/mol. The fourth-order valence-corrected chi connectivity index (χ4v) is 4.04. The quantitative estimate of drug-likeness (QED) is 0.544. The number of thiophene rings is 1. The van der Waals surface area contributed by atoms with E-state index in [1.54, 1.807) is 11.3 Å². The van der Waals surface area contributed by atoms with Gasteiger partial charge in [0.2, 0.25) is 0 Å². The van der Waals surface area contributed by atoms with Crippen molar-refractivity contribution in [3.8, 4) is 0 Å². The first kappa shape index (κ1) is 21.1. The standard InChI is InChI=1S/C23H24F2N2OS/c1-3-15(2)16-9-11-17(12-10-16)22(20-8-5-13-29-20)26-14-21(28)27-23-18(24)6-4-7-19(23)25/h4-13,15,22,26H,3,14H2,1-2H3,(H,27,28)/p+1/t15-,22-/m0/s1. The highest BCUT2D eigenvalue weighted by Crippen LogP contribution is 2.25. The number of amides is 1. The Morgan fingerprint density at radius 1 is 1.03 bits per heavy atom. The molecule has 6 heteroatoms. The van der Waals surface area contributed by atoms with Gasteiger partial charge in [-0.05, 0) is 41.5 Å². The number of carbonyl (C=O) groups is 1. The fourth-order valence-electron chi connectivity index (χ4n) is 3.18. The van der Waals surface area contributed by atoms with E-state index in [4.69, 9.17) is 0 Å². The number of anilines is 1. The van der Waals surface area contributed by atoms with E-state index >= 15 is 0 Å². The van der Waals surface area contributed by atoms with Crippen molar-refractivity contribution in [2.45, 2.75) is 32.2 Å². The maximum atomic E-state index is 13.8. The zero-order valence-electron chi connectivity index (χ0n) is 16.5. The van der Waals surface area contributed by atoms with Crippen LogP contribution < -0.4 is 10.6 Å². The number of rotatable bonds is 8. The van der Waals surface area contributed by atoms with E-state index in [1.807, 2.05) is 22.8 Å². The van der Waals surface area contributed by atoms with Gasteiger partial charge >= 0.3 is 0 Å². The Hall–Kier alpha value is -2.57. The molecule has 1 aromatic heterocycles. The molecule has 3 nitrogen and oxygen atoms in total. The molecule has 0 aliphatic rings. The predicted molar refractivity (Wildman–Crippen MR) is 113 cm³/mol. The molecule has 0 unspecified atom stereocenters. The van der Waals surface area contributed by atoms with Crippen molar-refractivity contribution >= 4 is 22.9 Å². The average Bonchev–Trinajstić information content (AvgIpc) is 3.25. The molecular weight excluding hydrogens is 390 g/mol. The minimum Gasteiger partial charge on any atom is -0.328 e. The minimum absolute atomic E-state index is 0.0451. The summed E-state index contributed by atoms with van der Waals surface area (Å²) in [5.41, 5.74) is 1.97. The summed E-state index contributed by atoms with van der Waals surface area (Å²) in [6.07, 6.45) is 1.08. The van der Waals surface area contributed by atoms with E-state index in [2.05, 4.69) is 43.4 Å². The van der Waals surface area contributed by atoms with Crippen LogP contribution in [0, 0.1) is 11.6 Å². The van der Waals surface area contributed by atoms with Gasteiger partial charge in [0.25, 0.3) is 5.91 Å². The van der Waals surface area contributed by atoms with E-state index in [9.17, 15) is 13.6 Å². The Bertz CT molecular complexity index is 922. The SMILES string of the molecule is CC[C@H](C)c1ccc([C@H]([NH2+]CC(=O)Nc2c(F)cccc2F)c2cccs2)cc1. The normalized spacial score (nSPS) is 13.1. The number of quaternary nitrogens is 1. The van der Waals surface area contributed by atoms with E-state index in [1.165, 1.54) is 11.6 Å².